The Morgan fingerprint density at radius 3 is 2.47 bits per heavy atom. The zero-order valence-corrected chi connectivity index (χ0v) is 11.6. The van der Waals surface area contributed by atoms with Crippen molar-refractivity contribution in [3.63, 3.8) is 0 Å². The number of rotatable bonds is 9. The maximum atomic E-state index is 11.5. The fourth-order valence-corrected chi connectivity index (χ4v) is 1.49. The Kier molecular flexibility index (Phi) is 7.43. The molecule has 106 valence electrons. The first kappa shape index (κ1) is 15.3. The van der Waals surface area contributed by atoms with Crippen LogP contribution in [0, 0.1) is 0 Å². The maximum Gasteiger partial charge on any atom is 0.223 e. The van der Waals surface area contributed by atoms with Gasteiger partial charge in [-0.25, -0.2) is 0 Å². The molecule has 0 aromatic heterocycles. The van der Waals surface area contributed by atoms with Gasteiger partial charge in [-0.3, -0.25) is 4.79 Å². The van der Waals surface area contributed by atoms with Crippen molar-refractivity contribution >= 4 is 5.91 Å². The van der Waals surface area contributed by atoms with Crippen LogP contribution in [0.1, 0.15) is 13.3 Å². The van der Waals surface area contributed by atoms with Gasteiger partial charge in [-0.2, -0.15) is 0 Å². The van der Waals surface area contributed by atoms with Crippen LogP contribution in [0.15, 0.2) is 24.3 Å². The summed E-state index contributed by atoms with van der Waals surface area (Å²) in [6.45, 7) is 4.76. The molecule has 1 aromatic carbocycles. The van der Waals surface area contributed by atoms with E-state index in [2.05, 4.69) is 10.6 Å². The summed E-state index contributed by atoms with van der Waals surface area (Å²) < 4.78 is 10.5. The normalized spacial score (nSPS) is 10.0. The first-order chi connectivity index (χ1) is 9.26. The van der Waals surface area contributed by atoms with Gasteiger partial charge in [-0.1, -0.05) is 6.92 Å². The van der Waals surface area contributed by atoms with E-state index in [1.165, 1.54) is 0 Å². The summed E-state index contributed by atoms with van der Waals surface area (Å²) in [5, 5.41) is 5.96. The first-order valence-corrected chi connectivity index (χ1v) is 6.50. The molecule has 0 bridgehead atoms. The number of likely N-dealkylation sites (N-methyl/N-ethyl adjacent to an activating group) is 1. The SMILES string of the molecule is CCNCCNC(=O)CCOc1ccc(OC)cc1. The summed E-state index contributed by atoms with van der Waals surface area (Å²) in [6.07, 6.45) is 0.359. The van der Waals surface area contributed by atoms with Crippen LogP contribution in [0.25, 0.3) is 0 Å². The zero-order chi connectivity index (χ0) is 13.9. The standard InChI is InChI=1S/C14H22N2O3/c1-3-15-9-10-16-14(17)8-11-19-13-6-4-12(18-2)5-7-13/h4-7,15H,3,8-11H2,1-2H3,(H,16,17). The molecule has 0 unspecified atom stereocenters. The lowest BCUT2D eigenvalue weighted by Gasteiger charge is -2.08. The first-order valence-electron chi connectivity index (χ1n) is 6.50. The monoisotopic (exact) mass is 266 g/mol. The molecular weight excluding hydrogens is 244 g/mol. The Bertz CT molecular complexity index is 365. The lowest BCUT2D eigenvalue weighted by atomic mass is 10.3. The molecule has 0 aliphatic carbocycles. The molecule has 0 radical (unpaired) electrons. The molecule has 0 aliphatic rings. The summed E-state index contributed by atoms with van der Waals surface area (Å²) in [5.74, 6) is 1.53. The number of methoxy groups -OCH3 is 1. The van der Waals surface area contributed by atoms with Crippen molar-refractivity contribution in [1.29, 1.82) is 0 Å². The van der Waals surface area contributed by atoms with E-state index in [0.29, 0.717) is 19.6 Å². The molecule has 5 heteroatoms. The van der Waals surface area contributed by atoms with Gasteiger partial charge in [0.2, 0.25) is 5.91 Å². The molecule has 0 spiro atoms. The lowest BCUT2D eigenvalue weighted by molar-refractivity contribution is -0.121. The van der Waals surface area contributed by atoms with Gasteiger partial charge in [-0.05, 0) is 30.8 Å². The molecule has 0 saturated carbocycles. The van der Waals surface area contributed by atoms with E-state index in [1.54, 1.807) is 7.11 Å². The highest BCUT2D eigenvalue weighted by atomic mass is 16.5. The number of carbonyl (C=O) groups excluding carboxylic acids is 1. The molecule has 1 rings (SSSR count). The van der Waals surface area contributed by atoms with E-state index in [-0.39, 0.29) is 5.91 Å². The minimum atomic E-state index is 0.00594. The van der Waals surface area contributed by atoms with Crippen molar-refractivity contribution in [3.8, 4) is 11.5 Å². The second-order valence-electron chi connectivity index (χ2n) is 3.98. The average Bonchev–Trinajstić information content (AvgIpc) is 2.44. The highest BCUT2D eigenvalue weighted by Gasteiger charge is 2.01. The second kappa shape index (κ2) is 9.22. The molecule has 0 heterocycles. The fraction of sp³-hybridized carbons (Fsp3) is 0.500. The molecule has 0 aliphatic heterocycles. The Labute approximate surface area is 114 Å². The molecule has 2 N–H and O–H groups in total. The van der Waals surface area contributed by atoms with E-state index in [4.69, 9.17) is 9.47 Å². The Hall–Kier alpha value is -1.75. The minimum Gasteiger partial charge on any atom is -0.497 e. The van der Waals surface area contributed by atoms with Crippen molar-refractivity contribution in [3.05, 3.63) is 24.3 Å². The van der Waals surface area contributed by atoms with Crippen LogP contribution in [0.4, 0.5) is 0 Å². The predicted octanol–water partition coefficient (Wildman–Crippen LogP) is 1.19. The van der Waals surface area contributed by atoms with Crippen LogP contribution in [-0.4, -0.2) is 39.3 Å². The molecule has 0 fully saturated rings. The van der Waals surface area contributed by atoms with Gasteiger partial charge in [0, 0.05) is 13.1 Å². The van der Waals surface area contributed by atoms with Crippen molar-refractivity contribution in [1.82, 2.24) is 10.6 Å². The van der Waals surface area contributed by atoms with E-state index < -0.39 is 0 Å². The van der Waals surface area contributed by atoms with Gasteiger partial charge in [-0.15, -0.1) is 0 Å². The summed E-state index contributed by atoms with van der Waals surface area (Å²) in [7, 11) is 1.62. The Morgan fingerprint density at radius 1 is 1.16 bits per heavy atom. The highest BCUT2D eigenvalue weighted by molar-refractivity contribution is 5.75. The molecule has 0 saturated heterocycles. The number of nitrogens with one attached hydrogen (secondary N) is 2. The number of hydrogen-bond acceptors (Lipinski definition) is 4. The summed E-state index contributed by atoms with van der Waals surface area (Å²) >= 11 is 0. The number of hydrogen-bond donors (Lipinski definition) is 2. The third kappa shape index (κ3) is 6.67. The van der Waals surface area contributed by atoms with Crippen LogP contribution in [0.2, 0.25) is 0 Å². The topological polar surface area (TPSA) is 59.6 Å². The van der Waals surface area contributed by atoms with E-state index in [0.717, 1.165) is 24.6 Å². The van der Waals surface area contributed by atoms with E-state index in [1.807, 2.05) is 31.2 Å². The third-order valence-electron chi connectivity index (χ3n) is 2.53. The van der Waals surface area contributed by atoms with E-state index >= 15 is 0 Å². The second-order valence-corrected chi connectivity index (χ2v) is 3.98. The third-order valence-corrected chi connectivity index (χ3v) is 2.53. The zero-order valence-electron chi connectivity index (χ0n) is 11.6. The minimum absolute atomic E-state index is 0.00594. The van der Waals surface area contributed by atoms with Crippen LogP contribution in [-0.2, 0) is 4.79 Å². The maximum absolute atomic E-state index is 11.5. The van der Waals surface area contributed by atoms with Gasteiger partial charge in [0.1, 0.15) is 11.5 Å². The number of ether oxygens (including phenoxy) is 2. The van der Waals surface area contributed by atoms with Gasteiger partial charge in [0.05, 0.1) is 20.1 Å². The van der Waals surface area contributed by atoms with E-state index in [9.17, 15) is 4.79 Å². The molecule has 1 aromatic rings. The quantitative estimate of drug-likeness (QED) is 0.659. The smallest absolute Gasteiger partial charge is 0.223 e. The average molecular weight is 266 g/mol. The molecule has 1 amide bonds. The summed E-state index contributed by atoms with van der Waals surface area (Å²) in [5.41, 5.74) is 0. The summed E-state index contributed by atoms with van der Waals surface area (Å²) in [6, 6.07) is 7.29. The lowest BCUT2D eigenvalue weighted by Crippen LogP contribution is -2.32. The molecule has 19 heavy (non-hydrogen) atoms. The number of carbonyl (C=O) groups is 1. The highest BCUT2D eigenvalue weighted by Crippen LogP contribution is 2.16. The molecule has 0 atom stereocenters. The summed E-state index contributed by atoms with van der Waals surface area (Å²) in [4.78, 5) is 11.5. The van der Waals surface area contributed by atoms with Crippen LogP contribution in [0.3, 0.4) is 0 Å². The molecule has 5 nitrogen and oxygen atoms in total. The van der Waals surface area contributed by atoms with Crippen molar-refractivity contribution in [2.45, 2.75) is 13.3 Å². The molecular formula is C14H22N2O3. The Morgan fingerprint density at radius 2 is 1.84 bits per heavy atom. The number of benzene rings is 1. The number of amides is 1. The van der Waals surface area contributed by atoms with Crippen molar-refractivity contribution in [2.75, 3.05) is 33.4 Å². The van der Waals surface area contributed by atoms with Crippen LogP contribution < -0.4 is 20.1 Å². The van der Waals surface area contributed by atoms with Crippen molar-refractivity contribution in [2.24, 2.45) is 0 Å². The van der Waals surface area contributed by atoms with Gasteiger partial charge >= 0.3 is 0 Å². The fourth-order valence-electron chi connectivity index (χ4n) is 1.49. The van der Waals surface area contributed by atoms with Crippen LogP contribution >= 0.6 is 0 Å². The Balaban J connectivity index is 2.13. The largest absolute Gasteiger partial charge is 0.497 e. The van der Waals surface area contributed by atoms with Crippen molar-refractivity contribution < 1.29 is 14.3 Å². The van der Waals surface area contributed by atoms with Gasteiger partial charge in [0.15, 0.2) is 0 Å². The van der Waals surface area contributed by atoms with Crippen LogP contribution in [0.5, 0.6) is 11.5 Å². The van der Waals surface area contributed by atoms with Gasteiger partial charge < -0.3 is 20.1 Å². The van der Waals surface area contributed by atoms with Gasteiger partial charge in [0.25, 0.3) is 0 Å². The predicted molar refractivity (Wildman–Crippen MR) is 74.7 cm³/mol.